The van der Waals surface area contributed by atoms with Gasteiger partial charge in [0.25, 0.3) is 5.91 Å². The zero-order valence-electron chi connectivity index (χ0n) is 17.9. The summed E-state index contributed by atoms with van der Waals surface area (Å²) in [5, 5.41) is 5.53. The number of carbonyl (C=O) groups excluding carboxylic acids is 3. The highest BCUT2D eigenvalue weighted by Crippen LogP contribution is 2.54. The Morgan fingerprint density at radius 2 is 1.71 bits per heavy atom. The van der Waals surface area contributed by atoms with Crippen LogP contribution in [0.15, 0.2) is 29.2 Å². The molecule has 0 aromatic heterocycles. The van der Waals surface area contributed by atoms with Gasteiger partial charge in [-0.1, -0.05) is 0 Å². The Morgan fingerprint density at radius 3 is 2.19 bits per heavy atom. The van der Waals surface area contributed by atoms with Crippen molar-refractivity contribution in [2.75, 3.05) is 18.9 Å². The molecule has 0 bridgehead atoms. The monoisotopic (exact) mass is 448 g/mol. The van der Waals surface area contributed by atoms with Crippen molar-refractivity contribution in [1.82, 2.24) is 14.5 Å². The van der Waals surface area contributed by atoms with Crippen LogP contribution in [0.25, 0.3) is 0 Å². The van der Waals surface area contributed by atoms with Crippen LogP contribution in [-0.4, -0.2) is 60.6 Å². The number of imide groups is 1. The van der Waals surface area contributed by atoms with Gasteiger partial charge in [0.15, 0.2) is 0 Å². The number of carbonyl (C=O) groups is 3. The maximum Gasteiger partial charge on any atom is 0.325 e. The van der Waals surface area contributed by atoms with Crippen LogP contribution in [0, 0.1) is 11.8 Å². The third-order valence-corrected chi connectivity index (χ3v) is 8.49. The maximum absolute atomic E-state index is 13.1. The minimum atomic E-state index is -3.62. The number of hydrogen-bond donors (Lipinski definition) is 2. The summed E-state index contributed by atoms with van der Waals surface area (Å²) >= 11 is 0. The number of rotatable bonds is 8. The van der Waals surface area contributed by atoms with Crippen LogP contribution >= 0.6 is 0 Å². The van der Waals surface area contributed by atoms with E-state index >= 15 is 0 Å². The lowest BCUT2D eigenvalue weighted by molar-refractivity contribution is -0.135. The highest BCUT2D eigenvalue weighted by molar-refractivity contribution is 7.89. The first-order valence-electron chi connectivity index (χ1n) is 10.6. The van der Waals surface area contributed by atoms with Crippen LogP contribution in [0.4, 0.5) is 10.5 Å². The molecule has 0 radical (unpaired) electrons. The summed E-state index contributed by atoms with van der Waals surface area (Å²) in [5.74, 6) is -0.470. The molecule has 1 aromatic carbocycles. The topological polar surface area (TPSA) is 116 Å². The molecule has 9 nitrogen and oxygen atoms in total. The fraction of sp³-hybridized carbons (Fsp3) is 0.571. The first-order chi connectivity index (χ1) is 14.6. The summed E-state index contributed by atoms with van der Waals surface area (Å²) in [7, 11) is -2.11. The van der Waals surface area contributed by atoms with E-state index in [1.165, 1.54) is 35.6 Å². The smallest absolute Gasteiger partial charge is 0.325 e. The third-order valence-electron chi connectivity index (χ3n) is 6.44. The number of nitrogens with zero attached hydrogens (tertiary/aromatic N) is 2. The highest BCUT2D eigenvalue weighted by Gasteiger charge is 2.65. The fourth-order valence-corrected chi connectivity index (χ4v) is 5.59. The molecular formula is C21H28N4O5S. The van der Waals surface area contributed by atoms with Gasteiger partial charge in [0.05, 0.1) is 4.90 Å². The summed E-state index contributed by atoms with van der Waals surface area (Å²) in [6.45, 7) is 3.19. The van der Waals surface area contributed by atoms with Gasteiger partial charge < -0.3 is 10.6 Å². The number of sulfonamides is 1. The Morgan fingerprint density at radius 1 is 1.16 bits per heavy atom. The van der Waals surface area contributed by atoms with E-state index in [-0.39, 0.29) is 35.2 Å². The number of amides is 4. The molecule has 3 aliphatic rings. The second-order valence-corrected chi connectivity index (χ2v) is 10.9. The van der Waals surface area contributed by atoms with Gasteiger partial charge in [0, 0.05) is 18.8 Å². The average molecular weight is 449 g/mol. The van der Waals surface area contributed by atoms with Crippen molar-refractivity contribution in [3.05, 3.63) is 24.3 Å². The van der Waals surface area contributed by atoms with Gasteiger partial charge in [-0.2, -0.15) is 4.31 Å². The van der Waals surface area contributed by atoms with Gasteiger partial charge in [-0.05, 0) is 75.6 Å². The van der Waals surface area contributed by atoms with E-state index in [0.29, 0.717) is 5.69 Å². The first-order valence-corrected chi connectivity index (χ1v) is 12.0. The lowest BCUT2D eigenvalue weighted by Gasteiger charge is -2.26. The quantitative estimate of drug-likeness (QED) is 0.588. The van der Waals surface area contributed by atoms with Crippen LogP contribution < -0.4 is 10.6 Å². The highest BCUT2D eigenvalue weighted by atomic mass is 32.2. The second-order valence-electron chi connectivity index (χ2n) is 8.93. The predicted octanol–water partition coefficient (Wildman–Crippen LogP) is 1.76. The van der Waals surface area contributed by atoms with Gasteiger partial charge in [-0.15, -0.1) is 0 Å². The van der Waals surface area contributed by atoms with E-state index in [4.69, 9.17) is 0 Å². The van der Waals surface area contributed by atoms with E-state index in [0.717, 1.165) is 30.6 Å². The Bertz CT molecular complexity index is 1000. The number of nitrogens with one attached hydrogen (secondary N) is 2. The minimum Gasteiger partial charge on any atom is -0.325 e. The summed E-state index contributed by atoms with van der Waals surface area (Å²) in [6, 6.07) is 5.11. The van der Waals surface area contributed by atoms with Crippen molar-refractivity contribution in [3.8, 4) is 0 Å². The van der Waals surface area contributed by atoms with Crippen molar-refractivity contribution in [3.63, 3.8) is 0 Å². The normalized spacial score (nSPS) is 21.0. The van der Waals surface area contributed by atoms with Crippen LogP contribution in [0.1, 0.15) is 39.5 Å². The first kappa shape index (κ1) is 21.8. The largest absolute Gasteiger partial charge is 0.325 e. The Hall–Kier alpha value is -2.46. The molecule has 168 valence electrons. The van der Waals surface area contributed by atoms with Crippen LogP contribution in [0.2, 0.25) is 0 Å². The molecule has 1 aliphatic heterocycles. The number of benzene rings is 1. The number of urea groups is 1. The molecule has 2 aliphatic carbocycles. The van der Waals surface area contributed by atoms with E-state index < -0.39 is 27.5 Å². The van der Waals surface area contributed by atoms with Crippen molar-refractivity contribution < 1.29 is 22.8 Å². The van der Waals surface area contributed by atoms with Gasteiger partial charge in [-0.3, -0.25) is 14.5 Å². The van der Waals surface area contributed by atoms with Gasteiger partial charge in [0.1, 0.15) is 12.1 Å². The zero-order valence-corrected chi connectivity index (χ0v) is 18.7. The fourth-order valence-electron chi connectivity index (χ4n) is 4.22. The third kappa shape index (κ3) is 3.82. The molecule has 2 N–H and O–H groups in total. The average Bonchev–Trinajstić information content (AvgIpc) is 3.62. The SMILES string of the molecule is CC(C)N(C)S(=O)(=O)c1ccc(NC(=O)CN2C(=O)NC(C3CC3)(C3CC3)C2=O)cc1. The van der Waals surface area contributed by atoms with Crippen LogP contribution in [0.5, 0.6) is 0 Å². The standard InChI is InChI=1S/C21H28N4O5S/c1-13(2)24(3)31(29,30)17-10-8-16(9-11-17)22-18(26)12-25-19(27)21(14-4-5-14,15-6-7-15)23-20(25)28/h8-11,13-15H,4-7,12H2,1-3H3,(H,22,26)(H,23,28). The van der Waals surface area contributed by atoms with E-state index in [1.807, 2.05) is 0 Å². The molecular weight excluding hydrogens is 420 g/mol. The number of hydrogen-bond acceptors (Lipinski definition) is 5. The Labute approximate surface area is 182 Å². The molecule has 0 spiro atoms. The van der Waals surface area contributed by atoms with E-state index in [9.17, 15) is 22.8 Å². The summed E-state index contributed by atoms with van der Waals surface area (Å²) in [4.78, 5) is 39.2. The van der Waals surface area contributed by atoms with Crippen LogP contribution in [0.3, 0.4) is 0 Å². The molecule has 4 amide bonds. The van der Waals surface area contributed by atoms with Crippen LogP contribution in [-0.2, 0) is 19.6 Å². The van der Waals surface area contributed by atoms with Crippen molar-refractivity contribution >= 4 is 33.6 Å². The van der Waals surface area contributed by atoms with Crippen molar-refractivity contribution in [2.24, 2.45) is 11.8 Å². The lowest BCUT2D eigenvalue weighted by atomic mass is 9.87. The van der Waals surface area contributed by atoms with Crippen molar-refractivity contribution in [2.45, 2.75) is 56.0 Å². The van der Waals surface area contributed by atoms with E-state index in [1.54, 1.807) is 13.8 Å². The molecule has 31 heavy (non-hydrogen) atoms. The second kappa shape index (κ2) is 7.59. The maximum atomic E-state index is 13.1. The minimum absolute atomic E-state index is 0.120. The Kier molecular flexibility index (Phi) is 5.33. The molecule has 4 rings (SSSR count). The summed E-state index contributed by atoms with van der Waals surface area (Å²) < 4.78 is 26.3. The molecule has 3 fully saturated rings. The van der Waals surface area contributed by atoms with Gasteiger partial charge >= 0.3 is 6.03 Å². The molecule has 1 aromatic rings. The van der Waals surface area contributed by atoms with Gasteiger partial charge in [0.2, 0.25) is 15.9 Å². The molecule has 2 saturated carbocycles. The van der Waals surface area contributed by atoms with Gasteiger partial charge in [-0.25, -0.2) is 13.2 Å². The number of anilines is 1. The summed E-state index contributed by atoms with van der Waals surface area (Å²) in [6.07, 6.45) is 3.68. The lowest BCUT2D eigenvalue weighted by Crippen LogP contribution is -2.51. The molecule has 1 heterocycles. The predicted molar refractivity (Wildman–Crippen MR) is 114 cm³/mol. The summed E-state index contributed by atoms with van der Waals surface area (Å²) in [5.41, 5.74) is -0.436. The molecule has 0 atom stereocenters. The Balaban J connectivity index is 1.41. The van der Waals surface area contributed by atoms with Crippen molar-refractivity contribution in [1.29, 1.82) is 0 Å². The van der Waals surface area contributed by atoms with E-state index in [2.05, 4.69) is 10.6 Å². The molecule has 0 unspecified atom stereocenters. The molecule has 10 heteroatoms. The zero-order chi connectivity index (χ0) is 22.6. The molecule has 1 saturated heterocycles.